The number of carboxylic acid groups (broad SMARTS) is 1. The van der Waals surface area contributed by atoms with Crippen LogP contribution < -0.4 is 0 Å². The number of hydrogen-bond donors (Lipinski definition) is 1. The molecule has 0 aliphatic heterocycles. The highest BCUT2D eigenvalue weighted by atomic mass is 32.1. The third-order valence-electron chi connectivity index (χ3n) is 3.38. The molecule has 1 aliphatic rings. The molecule has 1 aliphatic carbocycles. The molecule has 18 heavy (non-hydrogen) atoms. The van der Waals surface area contributed by atoms with Gasteiger partial charge in [0.1, 0.15) is 0 Å². The lowest BCUT2D eigenvalue weighted by Gasteiger charge is -2.22. The average molecular weight is 259 g/mol. The first-order valence-electron chi connectivity index (χ1n) is 5.99. The van der Waals surface area contributed by atoms with Gasteiger partial charge in [-0.3, -0.25) is 4.79 Å². The zero-order valence-corrected chi connectivity index (χ0v) is 10.6. The lowest BCUT2D eigenvalue weighted by atomic mass is 9.83. The Morgan fingerprint density at radius 1 is 1.28 bits per heavy atom. The molecule has 0 amide bonds. The number of thiazole rings is 1. The molecule has 0 spiro atoms. The van der Waals surface area contributed by atoms with Gasteiger partial charge in [-0.15, -0.1) is 11.3 Å². The molecule has 0 unspecified atom stereocenters. The Morgan fingerprint density at radius 3 is 2.83 bits per heavy atom. The number of hydrogen-bond acceptors (Lipinski definition) is 3. The highest BCUT2D eigenvalue weighted by Crippen LogP contribution is 2.38. The second kappa shape index (κ2) is 4.53. The van der Waals surface area contributed by atoms with Crippen molar-refractivity contribution in [3.8, 4) is 0 Å². The number of allylic oxidation sites excluding steroid dienone is 2. The third-order valence-corrected chi connectivity index (χ3v) is 4.55. The molecule has 3 nitrogen and oxygen atoms in total. The summed E-state index contributed by atoms with van der Waals surface area (Å²) >= 11 is 1.62. The van der Waals surface area contributed by atoms with Crippen LogP contribution in [0, 0.1) is 5.92 Å². The minimum absolute atomic E-state index is 0.0184. The van der Waals surface area contributed by atoms with E-state index in [2.05, 4.69) is 11.1 Å². The SMILES string of the molecule is O=C(O)[C@@H]1CC=CC[C@H]1c1nc2ccccc2s1. The Hall–Kier alpha value is -1.68. The van der Waals surface area contributed by atoms with E-state index < -0.39 is 5.97 Å². The van der Waals surface area contributed by atoms with Gasteiger partial charge in [-0.1, -0.05) is 24.3 Å². The molecular weight excluding hydrogens is 246 g/mol. The number of carbonyl (C=O) groups is 1. The van der Waals surface area contributed by atoms with Crippen molar-refractivity contribution in [2.75, 3.05) is 0 Å². The maximum absolute atomic E-state index is 11.3. The zero-order valence-electron chi connectivity index (χ0n) is 9.74. The lowest BCUT2D eigenvalue weighted by molar-refractivity contribution is -0.142. The fourth-order valence-electron chi connectivity index (χ4n) is 2.41. The molecule has 4 heteroatoms. The molecule has 0 radical (unpaired) electrons. The molecule has 1 aromatic heterocycles. The van der Waals surface area contributed by atoms with Crippen LogP contribution in [0.1, 0.15) is 23.8 Å². The minimum Gasteiger partial charge on any atom is -0.481 e. The molecule has 92 valence electrons. The molecular formula is C14H13NO2S. The van der Waals surface area contributed by atoms with E-state index >= 15 is 0 Å². The van der Waals surface area contributed by atoms with Gasteiger partial charge in [-0.2, -0.15) is 0 Å². The number of benzene rings is 1. The lowest BCUT2D eigenvalue weighted by Crippen LogP contribution is -2.23. The van der Waals surface area contributed by atoms with Crippen molar-refractivity contribution in [2.24, 2.45) is 5.92 Å². The Labute approximate surface area is 109 Å². The Bertz CT molecular complexity index is 584. The highest BCUT2D eigenvalue weighted by Gasteiger charge is 2.31. The summed E-state index contributed by atoms with van der Waals surface area (Å²) in [5.41, 5.74) is 0.969. The van der Waals surface area contributed by atoms with Crippen LogP contribution in [0.2, 0.25) is 0 Å². The summed E-state index contributed by atoms with van der Waals surface area (Å²) in [6, 6.07) is 7.95. The molecule has 0 saturated carbocycles. The maximum atomic E-state index is 11.3. The van der Waals surface area contributed by atoms with E-state index in [0.717, 1.165) is 21.6 Å². The van der Waals surface area contributed by atoms with Gasteiger partial charge in [-0.05, 0) is 25.0 Å². The number of rotatable bonds is 2. The van der Waals surface area contributed by atoms with Crippen molar-refractivity contribution >= 4 is 27.5 Å². The van der Waals surface area contributed by atoms with Crippen molar-refractivity contribution < 1.29 is 9.90 Å². The van der Waals surface area contributed by atoms with Crippen LogP contribution in [-0.4, -0.2) is 16.1 Å². The molecule has 2 atom stereocenters. The summed E-state index contributed by atoms with van der Waals surface area (Å²) in [7, 11) is 0. The van der Waals surface area contributed by atoms with E-state index in [1.54, 1.807) is 11.3 Å². The maximum Gasteiger partial charge on any atom is 0.307 e. The fraction of sp³-hybridized carbons (Fsp3) is 0.286. The third kappa shape index (κ3) is 1.93. The number of aromatic nitrogens is 1. The van der Waals surface area contributed by atoms with Crippen LogP contribution >= 0.6 is 11.3 Å². The molecule has 1 aromatic carbocycles. The summed E-state index contributed by atoms with van der Waals surface area (Å²) in [4.78, 5) is 15.9. The van der Waals surface area contributed by atoms with E-state index in [4.69, 9.17) is 0 Å². The number of fused-ring (bicyclic) bond motifs is 1. The average Bonchev–Trinajstić information content (AvgIpc) is 2.82. The number of nitrogens with zero attached hydrogens (tertiary/aromatic N) is 1. The largest absolute Gasteiger partial charge is 0.481 e. The van der Waals surface area contributed by atoms with E-state index in [9.17, 15) is 9.90 Å². The Morgan fingerprint density at radius 2 is 2.06 bits per heavy atom. The zero-order chi connectivity index (χ0) is 12.5. The fourth-order valence-corrected chi connectivity index (χ4v) is 3.55. The smallest absolute Gasteiger partial charge is 0.307 e. The summed E-state index contributed by atoms with van der Waals surface area (Å²) in [6.45, 7) is 0. The van der Waals surface area contributed by atoms with E-state index in [-0.39, 0.29) is 11.8 Å². The Kier molecular flexibility index (Phi) is 2.88. The van der Waals surface area contributed by atoms with Crippen molar-refractivity contribution in [3.05, 3.63) is 41.4 Å². The first-order chi connectivity index (χ1) is 8.75. The van der Waals surface area contributed by atoms with Gasteiger partial charge in [0.2, 0.25) is 0 Å². The van der Waals surface area contributed by atoms with Crippen molar-refractivity contribution in [3.63, 3.8) is 0 Å². The molecule has 1 N–H and O–H groups in total. The monoisotopic (exact) mass is 259 g/mol. The van der Waals surface area contributed by atoms with Crippen molar-refractivity contribution in [1.29, 1.82) is 0 Å². The molecule has 0 fully saturated rings. The van der Waals surface area contributed by atoms with Gasteiger partial charge in [0.25, 0.3) is 0 Å². The van der Waals surface area contributed by atoms with Gasteiger partial charge in [0.05, 0.1) is 21.1 Å². The van der Waals surface area contributed by atoms with E-state index in [1.807, 2.05) is 30.3 Å². The van der Waals surface area contributed by atoms with Crippen LogP contribution in [0.5, 0.6) is 0 Å². The molecule has 3 rings (SSSR count). The van der Waals surface area contributed by atoms with Crippen LogP contribution in [0.25, 0.3) is 10.2 Å². The second-order valence-corrected chi connectivity index (χ2v) is 5.58. The van der Waals surface area contributed by atoms with E-state index in [1.165, 1.54) is 0 Å². The van der Waals surface area contributed by atoms with Crippen molar-refractivity contribution in [2.45, 2.75) is 18.8 Å². The summed E-state index contributed by atoms with van der Waals surface area (Å²) < 4.78 is 1.13. The van der Waals surface area contributed by atoms with Crippen LogP contribution in [-0.2, 0) is 4.79 Å². The Balaban J connectivity index is 2.02. The topological polar surface area (TPSA) is 50.2 Å². The first-order valence-corrected chi connectivity index (χ1v) is 6.80. The predicted molar refractivity (Wildman–Crippen MR) is 71.9 cm³/mol. The first kappa shape index (κ1) is 11.4. The summed E-state index contributed by atoms with van der Waals surface area (Å²) in [5, 5.41) is 10.2. The van der Waals surface area contributed by atoms with Crippen LogP contribution in [0.4, 0.5) is 0 Å². The molecule has 1 heterocycles. The molecule has 0 bridgehead atoms. The normalized spacial score (nSPS) is 23.3. The quantitative estimate of drug-likeness (QED) is 0.841. The summed E-state index contributed by atoms with van der Waals surface area (Å²) in [5.74, 6) is -1.04. The summed E-state index contributed by atoms with van der Waals surface area (Å²) in [6.07, 6.45) is 5.41. The van der Waals surface area contributed by atoms with Gasteiger partial charge < -0.3 is 5.11 Å². The standard InChI is InChI=1S/C14H13NO2S/c16-14(17)10-6-2-1-5-9(10)13-15-11-7-3-4-8-12(11)18-13/h1-4,7-10H,5-6H2,(H,16,17)/t9-,10-/m1/s1. The van der Waals surface area contributed by atoms with Crippen LogP contribution in [0.15, 0.2) is 36.4 Å². The van der Waals surface area contributed by atoms with Gasteiger partial charge in [0, 0.05) is 5.92 Å². The van der Waals surface area contributed by atoms with Crippen LogP contribution in [0.3, 0.4) is 0 Å². The molecule has 2 aromatic rings. The number of para-hydroxylation sites is 1. The predicted octanol–water partition coefficient (Wildman–Crippen LogP) is 3.43. The van der Waals surface area contributed by atoms with Crippen molar-refractivity contribution in [1.82, 2.24) is 4.98 Å². The number of aliphatic carboxylic acids is 1. The highest BCUT2D eigenvalue weighted by molar-refractivity contribution is 7.18. The number of carboxylic acids is 1. The minimum atomic E-state index is -0.719. The van der Waals surface area contributed by atoms with Gasteiger partial charge in [-0.25, -0.2) is 4.98 Å². The van der Waals surface area contributed by atoms with Gasteiger partial charge in [0.15, 0.2) is 0 Å². The van der Waals surface area contributed by atoms with Gasteiger partial charge >= 0.3 is 5.97 Å². The second-order valence-electron chi connectivity index (χ2n) is 4.51. The molecule has 0 saturated heterocycles. The van der Waals surface area contributed by atoms with E-state index in [0.29, 0.717) is 6.42 Å².